The number of anilines is 1. The first-order chi connectivity index (χ1) is 14.3. The summed E-state index contributed by atoms with van der Waals surface area (Å²) in [4.78, 5) is 27.1. The second-order valence-electron chi connectivity index (χ2n) is 8.23. The molecule has 1 aliphatic heterocycles. The van der Waals surface area contributed by atoms with Crippen LogP contribution in [0, 0.1) is 5.92 Å². The molecular weight excluding hydrogens is 444 g/mol. The van der Waals surface area contributed by atoms with Gasteiger partial charge in [0.1, 0.15) is 5.75 Å². The fourth-order valence-corrected chi connectivity index (χ4v) is 3.95. The highest BCUT2D eigenvalue weighted by Gasteiger charge is 2.21. The monoisotopic (exact) mass is 472 g/mol. The summed E-state index contributed by atoms with van der Waals surface area (Å²) in [6.07, 6.45) is 2.07. The molecule has 1 N–H and O–H groups in total. The van der Waals surface area contributed by atoms with Gasteiger partial charge in [0.25, 0.3) is 11.8 Å². The average Bonchev–Trinajstić information content (AvgIpc) is 2.73. The number of rotatable bonds is 6. The van der Waals surface area contributed by atoms with Crippen LogP contribution < -0.4 is 10.1 Å². The van der Waals surface area contributed by atoms with Gasteiger partial charge in [0.15, 0.2) is 6.61 Å². The molecule has 0 unspecified atom stereocenters. The van der Waals surface area contributed by atoms with Crippen molar-refractivity contribution >= 4 is 33.4 Å². The van der Waals surface area contributed by atoms with E-state index >= 15 is 0 Å². The van der Waals surface area contributed by atoms with Gasteiger partial charge in [-0.1, -0.05) is 42.8 Å². The van der Waals surface area contributed by atoms with Gasteiger partial charge in [-0.2, -0.15) is 0 Å². The van der Waals surface area contributed by atoms with Crippen molar-refractivity contribution in [2.45, 2.75) is 39.5 Å². The van der Waals surface area contributed by atoms with Crippen LogP contribution in [0.15, 0.2) is 46.9 Å². The minimum atomic E-state index is -0.260. The molecule has 1 fully saturated rings. The van der Waals surface area contributed by atoms with Crippen LogP contribution in [0.2, 0.25) is 0 Å². The molecule has 6 heteroatoms. The first-order valence-electron chi connectivity index (χ1n) is 10.4. The summed E-state index contributed by atoms with van der Waals surface area (Å²) in [5, 5.41) is 2.83. The number of likely N-dealkylation sites (tertiary alicyclic amines) is 1. The van der Waals surface area contributed by atoms with Crippen LogP contribution in [0.25, 0.3) is 0 Å². The number of carbonyl (C=O) groups is 2. The summed E-state index contributed by atoms with van der Waals surface area (Å²) >= 11 is 3.47. The largest absolute Gasteiger partial charge is 0.483 e. The molecule has 0 radical (unpaired) electrons. The number of carbonyl (C=O) groups excluding carboxylic acids is 2. The molecule has 0 atom stereocenters. The minimum Gasteiger partial charge on any atom is -0.483 e. The van der Waals surface area contributed by atoms with E-state index in [9.17, 15) is 9.59 Å². The SMILES string of the molecule is CC1CCN(C(=O)c2cccc(NC(=O)COc3ccc(Br)cc3C(C)C)c2)CC1. The molecule has 0 saturated carbocycles. The van der Waals surface area contributed by atoms with Gasteiger partial charge < -0.3 is 15.0 Å². The molecule has 1 aliphatic rings. The smallest absolute Gasteiger partial charge is 0.262 e. The fourth-order valence-electron chi connectivity index (χ4n) is 3.57. The van der Waals surface area contributed by atoms with Crippen LogP contribution >= 0.6 is 15.9 Å². The van der Waals surface area contributed by atoms with Crippen molar-refractivity contribution in [3.05, 3.63) is 58.1 Å². The first-order valence-corrected chi connectivity index (χ1v) is 11.2. The number of amides is 2. The van der Waals surface area contributed by atoms with Crippen molar-refractivity contribution in [3.63, 3.8) is 0 Å². The molecule has 160 valence electrons. The molecule has 0 bridgehead atoms. The molecule has 0 aromatic heterocycles. The van der Waals surface area contributed by atoms with Crippen molar-refractivity contribution in [3.8, 4) is 5.75 Å². The number of nitrogens with one attached hydrogen (secondary N) is 1. The zero-order chi connectivity index (χ0) is 21.7. The number of hydrogen-bond donors (Lipinski definition) is 1. The molecule has 3 rings (SSSR count). The van der Waals surface area contributed by atoms with Crippen LogP contribution in [-0.2, 0) is 4.79 Å². The van der Waals surface area contributed by atoms with E-state index < -0.39 is 0 Å². The Labute approximate surface area is 186 Å². The molecule has 0 spiro atoms. The molecule has 2 aromatic rings. The van der Waals surface area contributed by atoms with Gasteiger partial charge >= 0.3 is 0 Å². The third-order valence-electron chi connectivity index (χ3n) is 5.42. The summed E-state index contributed by atoms with van der Waals surface area (Å²) in [6.45, 7) is 7.87. The topological polar surface area (TPSA) is 58.6 Å². The van der Waals surface area contributed by atoms with Crippen molar-refractivity contribution < 1.29 is 14.3 Å². The van der Waals surface area contributed by atoms with Crippen LogP contribution in [0.3, 0.4) is 0 Å². The van der Waals surface area contributed by atoms with Gasteiger partial charge in [0, 0.05) is 28.8 Å². The van der Waals surface area contributed by atoms with E-state index in [4.69, 9.17) is 4.74 Å². The van der Waals surface area contributed by atoms with E-state index in [0.717, 1.165) is 36.0 Å². The van der Waals surface area contributed by atoms with E-state index in [1.807, 2.05) is 23.1 Å². The molecule has 1 saturated heterocycles. The summed E-state index contributed by atoms with van der Waals surface area (Å²) < 4.78 is 6.74. The maximum atomic E-state index is 12.8. The van der Waals surface area contributed by atoms with Crippen molar-refractivity contribution in [2.75, 3.05) is 25.0 Å². The molecule has 0 aliphatic carbocycles. The lowest BCUT2D eigenvalue weighted by molar-refractivity contribution is -0.118. The standard InChI is InChI=1S/C24H29BrN2O3/c1-16(2)21-14-19(25)7-8-22(21)30-15-23(28)26-20-6-4-5-18(13-20)24(29)27-11-9-17(3)10-12-27/h4-8,13-14,16-17H,9-12,15H2,1-3H3,(H,26,28). The van der Waals surface area contributed by atoms with Crippen molar-refractivity contribution in [2.24, 2.45) is 5.92 Å². The minimum absolute atomic E-state index is 0.0192. The van der Waals surface area contributed by atoms with Gasteiger partial charge in [-0.05, 0) is 66.6 Å². The van der Waals surface area contributed by atoms with E-state index in [0.29, 0.717) is 22.9 Å². The Morgan fingerprint density at radius 1 is 1.17 bits per heavy atom. The van der Waals surface area contributed by atoms with E-state index in [2.05, 4.69) is 42.0 Å². The highest BCUT2D eigenvalue weighted by molar-refractivity contribution is 9.10. The Balaban J connectivity index is 1.60. The third-order valence-corrected chi connectivity index (χ3v) is 5.91. The van der Waals surface area contributed by atoms with Crippen LogP contribution in [-0.4, -0.2) is 36.4 Å². The summed E-state index contributed by atoms with van der Waals surface area (Å²) in [7, 11) is 0. The van der Waals surface area contributed by atoms with E-state index in [1.54, 1.807) is 24.3 Å². The molecule has 1 heterocycles. The molecule has 2 amide bonds. The van der Waals surface area contributed by atoms with Crippen molar-refractivity contribution in [1.82, 2.24) is 4.90 Å². The number of nitrogens with zero attached hydrogens (tertiary/aromatic N) is 1. The van der Waals surface area contributed by atoms with Gasteiger partial charge in [-0.15, -0.1) is 0 Å². The normalized spacial score (nSPS) is 14.6. The predicted molar refractivity (Wildman–Crippen MR) is 123 cm³/mol. The summed E-state index contributed by atoms with van der Waals surface area (Å²) in [5.74, 6) is 1.41. The number of benzene rings is 2. The maximum Gasteiger partial charge on any atom is 0.262 e. The lowest BCUT2D eigenvalue weighted by atomic mass is 9.98. The van der Waals surface area contributed by atoms with Gasteiger partial charge in [0.05, 0.1) is 0 Å². The average molecular weight is 473 g/mol. The maximum absolute atomic E-state index is 12.8. The Hall–Kier alpha value is -2.34. The van der Waals surface area contributed by atoms with Gasteiger partial charge in [-0.25, -0.2) is 0 Å². The van der Waals surface area contributed by atoms with Crippen LogP contribution in [0.1, 0.15) is 55.5 Å². The van der Waals surface area contributed by atoms with E-state index in [1.165, 1.54) is 0 Å². The Bertz CT molecular complexity index is 905. The third kappa shape index (κ3) is 5.85. The Kier molecular flexibility index (Phi) is 7.53. The highest BCUT2D eigenvalue weighted by atomic mass is 79.9. The van der Waals surface area contributed by atoms with Crippen molar-refractivity contribution in [1.29, 1.82) is 0 Å². The Morgan fingerprint density at radius 3 is 2.60 bits per heavy atom. The lowest BCUT2D eigenvalue weighted by Crippen LogP contribution is -2.37. The van der Waals surface area contributed by atoms with Gasteiger partial charge in [0.2, 0.25) is 0 Å². The highest BCUT2D eigenvalue weighted by Crippen LogP contribution is 2.29. The lowest BCUT2D eigenvalue weighted by Gasteiger charge is -2.30. The first kappa shape index (κ1) is 22.3. The van der Waals surface area contributed by atoms with Crippen LogP contribution in [0.5, 0.6) is 5.75 Å². The second kappa shape index (κ2) is 10.1. The molecule has 30 heavy (non-hydrogen) atoms. The molecular formula is C24H29BrN2O3. The second-order valence-corrected chi connectivity index (χ2v) is 9.14. The molecule has 5 nitrogen and oxygen atoms in total. The van der Waals surface area contributed by atoms with Crippen LogP contribution in [0.4, 0.5) is 5.69 Å². The zero-order valence-corrected chi connectivity index (χ0v) is 19.4. The quantitative estimate of drug-likeness (QED) is 0.606. The fraction of sp³-hybridized carbons (Fsp3) is 0.417. The number of halogens is 1. The molecule has 2 aromatic carbocycles. The summed E-state index contributed by atoms with van der Waals surface area (Å²) in [6, 6.07) is 12.9. The number of ether oxygens (including phenoxy) is 1. The number of piperidine rings is 1. The van der Waals surface area contributed by atoms with E-state index in [-0.39, 0.29) is 24.3 Å². The Morgan fingerprint density at radius 2 is 1.90 bits per heavy atom. The zero-order valence-electron chi connectivity index (χ0n) is 17.8. The predicted octanol–water partition coefficient (Wildman–Crippen LogP) is 5.46. The number of hydrogen-bond acceptors (Lipinski definition) is 3. The van der Waals surface area contributed by atoms with Gasteiger partial charge in [-0.3, -0.25) is 9.59 Å². The summed E-state index contributed by atoms with van der Waals surface area (Å²) in [5.41, 5.74) is 2.23.